The zero-order valence-corrected chi connectivity index (χ0v) is 16.7. The number of benzene rings is 2. The quantitative estimate of drug-likeness (QED) is 0.547. The van der Waals surface area contributed by atoms with Gasteiger partial charge >= 0.3 is 5.97 Å². The molecule has 0 unspecified atom stereocenters. The fourth-order valence-corrected chi connectivity index (χ4v) is 3.66. The van der Waals surface area contributed by atoms with Gasteiger partial charge in [-0.25, -0.2) is 9.78 Å². The van der Waals surface area contributed by atoms with E-state index >= 15 is 0 Å². The highest BCUT2D eigenvalue weighted by Crippen LogP contribution is 2.21. The number of hydrogen-bond acceptors (Lipinski definition) is 5. The van der Waals surface area contributed by atoms with Crippen LogP contribution < -0.4 is 0 Å². The molecule has 0 bridgehead atoms. The lowest BCUT2D eigenvalue weighted by atomic mass is 10.0. The van der Waals surface area contributed by atoms with Gasteiger partial charge in [-0.2, -0.15) is 0 Å². The summed E-state index contributed by atoms with van der Waals surface area (Å²) in [6, 6.07) is 17.7. The molecule has 1 heterocycles. The molecule has 0 saturated carbocycles. The number of aromatic nitrogens is 1. The third kappa shape index (κ3) is 4.64. The fraction of sp³-hybridized carbons (Fsp3) is 0.227. The number of thiazole rings is 1. The number of carbonyl (C=O) groups excluding carboxylic acids is 2. The standard InChI is InChI=1S/C22H22N2O3S/c1-3-13-24(14-20-23-19(15-28-20)22(26)27-2)21(25)18-11-9-17(10-12-18)16-7-5-4-6-8-16/h4-12,15H,3,13-14H2,1-2H3. The molecule has 0 spiro atoms. The minimum Gasteiger partial charge on any atom is -0.464 e. The molecule has 144 valence electrons. The molecule has 1 aromatic heterocycles. The lowest BCUT2D eigenvalue weighted by molar-refractivity contribution is 0.0594. The molecule has 2 aromatic carbocycles. The lowest BCUT2D eigenvalue weighted by Gasteiger charge is -2.21. The van der Waals surface area contributed by atoms with Crippen LogP contribution in [0.1, 0.15) is 39.2 Å². The summed E-state index contributed by atoms with van der Waals surface area (Å²) < 4.78 is 4.69. The van der Waals surface area contributed by atoms with E-state index in [1.165, 1.54) is 18.4 Å². The normalized spacial score (nSPS) is 10.5. The molecule has 1 amide bonds. The first-order chi connectivity index (χ1) is 13.6. The SMILES string of the molecule is CCCN(Cc1nc(C(=O)OC)cs1)C(=O)c1ccc(-c2ccccc2)cc1. The van der Waals surface area contributed by atoms with E-state index in [9.17, 15) is 9.59 Å². The van der Waals surface area contributed by atoms with Gasteiger partial charge < -0.3 is 9.64 Å². The summed E-state index contributed by atoms with van der Waals surface area (Å²) in [5.41, 5.74) is 3.10. The van der Waals surface area contributed by atoms with Gasteiger partial charge in [0.05, 0.1) is 13.7 Å². The average Bonchev–Trinajstić information content (AvgIpc) is 3.22. The van der Waals surface area contributed by atoms with Gasteiger partial charge in [0.15, 0.2) is 5.69 Å². The highest BCUT2D eigenvalue weighted by Gasteiger charge is 2.18. The van der Waals surface area contributed by atoms with Crippen molar-refractivity contribution in [3.8, 4) is 11.1 Å². The van der Waals surface area contributed by atoms with Gasteiger partial charge in [0.1, 0.15) is 5.01 Å². The molecular weight excluding hydrogens is 372 g/mol. The molecule has 0 aliphatic carbocycles. The van der Waals surface area contributed by atoms with Crippen LogP contribution >= 0.6 is 11.3 Å². The Morgan fingerprint density at radius 1 is 1.04 bits per heavy atom. The number of amides is 1. The Morgan fingerprint density at radius 2 is 1.71 bits per heavy atom. The maximum Gasteiger partial charge on any atom is 0.357 e. The maximum atomic E-state index is 13.0. The predicted molar refractivity (Wildman–Crippen MR) is 110 cm³/mol. The van der Waals surface area contributed by atoms with Crippen LogP contribution in [0.2, 0.25) is 0 Å². The average molecular weight is 394 g/mol. The molecule has 0 N–H and O–H groups in total. The second-order valence-electron chi connectivity index (χ2n) is 6.29. The van der Waals surface area contributed by atoms with Crippen molar-refractivity contribution in [2.75, 3.05) is 13.7 Å². The monoisotopic (exact) mass is 394 g/mol. The molecule has 0 aliphatic heterocycles. The number of rotatable bonds is 7. The van der Waals surface area contributed by atoms with Crippen molar-refractivity contribution in [1.82, 2.24) is 9.88 Å². The van der Waals surface area contributed by atoms with Gasteiger partial charge in [-0.3, -0.25) is 4.79 Å². The van der Waals surface area contributed by atoms with Gasteiger partial charge in [0.25, 0.3) is 5.91 Å². The fourth-order valence-electron chi connectivity index (χ4n) is 2.89. The molecule has 0 atom stereocenters. The lowest BCUT2D eigenvalue weighted by Crippen LogP contribution is -2.31. The summed E-state index contributed by atoms with van der Waals surface area (Å²) in [6.07, 6.45) is 0.836. The van der Waals surface area contributed by atoms with Gasteiger partial charge in [0.2, 0.25) is 0 Å². The summed E-state index contributed by atoms with van der Waals surface area (Å²) in [7, 11) is 1.33. The van der Waals surface area contributed by atoms with E-state index in [2.05, 4.69) is 4.98 Å². The van der Waals surface area contributed by atoms with Gasteiger partial charge in [-0.15, -0.1) is 11.3 Å². The van der Waals surface area contributed by atoms with Crippen molar-refractivity contribution in [2.45, 2.75) is 19.9 Å². The van der Waals surface area contributed by atoms with Crippen LogP contribution in [-0.4, -0.2) is 35.4 Å². The molecular formula is C22H22N2O3S. The van der Waals surface area contributed by atoms with Crippen LogP contribution in [0.4, 0.5) is 0 Å². The minimum atomic E-state index is -0.465. The molecule has 28 heavy (non-hydrogen) atoms. The summed E-state index contributed by atoms with van der Waals surface area (Å²) in [5.74, 6) is -0.511. The number of hydrogen-bond donors (Lipinski definition) is 0. The van der Waals surface area contributed by atoms with Crippen LogP contribution in [0.25, 0.3) is 11.1 Å². The highest BCUT2D eigenvalue weighted by atomic mass is 32.1. The highest BCUT2D eigenvalue weighted by molar-refractivity contribution is 7.09. The Bertz CT molecular complexity index is 936. The Balaban J connectivity index is 1.75. The molecule has 0 aliphatic rings. The van der Waals surface area contributed by atoms with Crippen molar-refractivity contribution in [3.63, 3.8) is 0 Å². The van der Waals surface area contributed by atoms with Crippen LogP contribution in [0, 0.1) is 0 Å². The number of methoxy groups -OCH3 is 1. The van der Waals surface area contributed by atoms with Crippen LogP contribution in [-0.2, 0) is 11.3 Å². The third-order valence-electron chi connectivity index (χ3n) is 4.29. The predicted octanol–water partition coefficient (Wildman–Crippen LogP) is 4.65. The van der Waals surface area contributed by atoms with E-state index in [1.54, 1.807) is 10.3 Å². The van der Waals surface area contributed by atoms with Crippen LogP contribution in [0.15, 0.2) is 60.0 Å². The second-order valence-corrected chi connectivity index (χ2v) is 7.23. The van der Waals surface area contributed by atoms with Crippen molar-refractivity contribution in [3.05, 3.63) is 76.2 Å². The molecule has 0 saturated heterocycles. The van der Waals surface area contributed by atoms with Gasteiger partial charge in [-0.05, 0) is 29.7 Å². The topological polar surface area (TPSA) is 59.5 Å². The molecule has 0 fully saturated rings. The Kier molecular flexibility index (Phi) is 6.55. The zero-order chi connectivity index (χ0) is 19.9. The van der Waals surface area contributed by atoms with E-state index < -0.39 is 5.97 Å². The minimum absolute atomic E-state index is 0.0451. The first-order valence-corrected chi connectivity index (χ1v) is 9.97. The molecule has 6 heteroatoms. The summed E-state index contributed by atoms with van der Waals surface area (Å²) in [6.45, 7) is 3.02. The van der Waals surface area contributed by atoms with Crippen molar-refractivity contribution < 1.29 is 14.3 Å². The van der Waals surface area contributed by atoms with Gasteiger partial charge in [0, 0.05) is 17.5 Å². The zero-order valence-electron chi connectivity index (χ0n) is 15.9. The molecule has 3 rings (SSSR count). The van der Waals surface area contributed by atoms with E-state index in [-0.39, 0.29) is 11.6 Å². The van der Waals surface area contributed by atoms with E-state index in [0.29, 0.717) is 23.7 Å². The number of esters is 1. The Hall–Kier alpha value is -2.99. The summed E-state index contributed by atoms with van der Waals surface area (Å²) in [4.78, 5) is 30.6. The van der Waals surface area contributed by atoms with E-state index in [0.717, 1.165) is 17.5 Å². The van der Waals surface area contributed by atoms with Crippen molar-refractivity contribution >= 4 is 23.2 Å². The van der Waals surface area contributed by atoms with E-state index in [4.69, 9.17) is 4.74 Å². The first kappa shape index (κ1) is 19.8. The van der Waals surface area contributed by atoms with E-state index in [1.807, 2.05) is 61.5 Å². The smallest absolute Gasteiger partial charge is 0.357 e. The van der Waals surface area contributed by atoms with Crippen molar-refractivity contribution in [1.29, 1.82) is 0 Å². The first-order valence-electron chi connectivity index (χ1n) is 9.10. The number of ether oxygens (including phenoxy) is 1. The molecule has 5 nitrogen and oxygen atoms in total. The maximum absolute atomic E-state index is 13.0. The second kappa shape index (κ2) is 9.28. The molecule has 3 aromatic rings. The van der Waals surface area contributed by atoms with Gasteiger partial charge in [-0.1, -0.05) is 49.4 Å². The molecule has 0 radical (unpaired) electrons. The number of nitrogens with zero attached hydrogens (tertiary/aromatic N) is 2. The third-order valence-corrected chi connectivity index (χ3v) is 5.13. The summed E-state index contributed by atoms with van der Waals surface area (Å²) >= 11 is 1.35. The van der Waals surface area contributed by atoms with Crippen LogP contribution in [0.3, 0.4) is 0 Å². The van der Waals surface area contributed by atoms with Crippen LogP contribution in [0.5, 0.6) is 0 Å². The van der Waals surface area contributed by atoms with Crippen molar-refractivity contribution in [2.24, 2.45) is 0 Å². The Labute approximate surface area is 168 Å². The Morgan fingerprint density at radius 3 is 2.36 bits per heavy atom. The largest absolute Gasteiger partial charge is 0.464 e. The number of carbonyl (C=O) groups is 2. The summed E-state index contributed by atoms with van der Waals surface area (Å²) in [5, 5.41) is 2.37.